The van der Waals surface area contributed by atoms with E-state index in [9.17, 15) is 14.7 Å². The molecule has 2 aromatic carbocycles. The Labute approximate surface area is 153 Å². The molecule has 1 heterocycles. The van der Waals surface area contributed by atoms with Crippen molar-refractivity contribution in [3.05, 3.63) is 59.2 Å². The van der Waals surface area contributed by atoms with E-state index in [4.69, 9.17) is 4.74 Å². The molecule has 26 heavy (non-hydrogen) atoms. The van der Waals surface area contributed by atoms with E-state index in [-0.39, 0.29) is 12.2 Å². The van der Waals surface area contributed by atoms with E-state index in [0.29, 0.717) is 24.4 Å². The molecule has 1 aliphatic rings. The Morgan fingerprint density at radius 2 is 1.81 bits per heavy atom. The van der Waals surface area contributed by atoms with Crippen LogP contribution < -0.4 is 9.64 Å². The van der Waals surface area contributed by atoms with Crippen LogP contribution in [0, 0.1) is 13.8 Å². The van der Waals surface area contributed by atoms with Crippen molar-refractivity contribution in [2.24, 2.45) is 0 Å². The molecule has 5 heteroatoms. The first-order valence-corrected chi connectivity index (χ1v) is 8.67. The van der Waals surface area contributed by atoms with Gasteiger partial charge in [-0.05, 0) is 38.0 Å². The van der Waals surface area contributed by atoms with Gasteiger partial charge in [-0.1, -0.05) is 36.4 Å². The minimum atomic E-state index is -1.80. The Bertz CT molecular complexity index is 861. The van der Waals surface area contributed by atoms with E-state index in [0.717, 1.165) is 16.9 Å². The number of amides is 1. The average Bonchev–Trinajstić information content (AvgIpc) is 2.79. The lowest BCUT2D eigenvalue weighted by Crippen LogP contribution is -2.43. The average molecular weight is 353 g/mol. The van der Waals surface area contributed by atoms with Gasteiger partial charge in [0, 0.05) is 12.0 Å². The molecule has 0 fully saturated rings. The number of hydrogen-bond acceptors (Lipinski definition) is 4. The fourth-order valence-corrected chi connectivity index (χ4v) is 3.50. The summed E-state index contributed by atoms with van der Waals surface area (Å²) in [4.78, 5) is 26.1. The minimum Gasteiger partial charge on any atom is -0.491 e. The molecule has 0 radical (unpaired) electrons. The number of ketones is 1. The highest BCUT2D eigenvalue weighted by molar-refractivity contribution is 6.09. The Balaban J connectivity index is 1.85. The van der Waals surface area contributed by atoms with Crippen LogP contribution in [0.1, 0.15) is 30.0 Å². The number of Topliss-reactive ketones (excluding diaryl/α,β-unsaturated/α-hetero) is 1. The van der Waals surface area contributed by atoms with Crippen LogP contribution >= 0.6 is 0 Å². The quantitative estimate of drug-likeness (QED) is 0.867. The first-order valence-electron chi connectivity index (χ1n) is 8.67. The molecule has 5 nitrogen and oxygen atoms in total. The number of carbonyl (C=O) groups is 2. The van der Waals surface area contributed by atoms with Crippen molar-refractivity contribution in [1.29, 1.82) is 0 Å². The zero-order valence-corrected chi connectivity index (χ0v) is 15.3. The van der Waals surface area contributed by atoms with E-state index in [1.54, 1.807) is 12.1 Å². The fraction of sp³-hybridized carbons (Fsp3) is 0.333. The summed E-state index contributed by atoms with van der Waals surface area (Å²) in [6.07, 6.45) is -0.225. The zero-order valence-electron chi connectivity index (χ0n) is 15.3. The van der Waals surface area contributed by atoms with Crippen LogP contribution in [0.15, 0.2) is 42.5 Å². The number of anilines is 1. The van der Waals surface area contributed by atoms with Crippen LogP contribution in [0.3, 0.4) is 0 Å². The molecule has 0 saturated carbocycles. The Morgan fingerprint density at radius 1 is 1.12 bits per heavy atom. The minimum absolute atomic E-state index is 0.225. The lowest BCUT2D eigenvalue weighted by atomic mass is 9.89. The van der Waals surface area contributed by atoms with Gasteiger partial charge >= 0.3 is 0 Å². The summed E-state index contributed by atoms with van der Waals surface area (Å²) in [5.41, 5.74) is 1.27. The molecular weight excluding hydrogens is 330 g/mol. The standard InChI is InChI=1S/C21H23NO4/c1-14-7-4-5-10-18(14)26-12-11-22-19-15(2)8-6-9-17(19)21(25,20(22)24)13-16(3)23/h4-10,25H,11-13H2,1-3H3/t21-/m1/s1. The fourth-order valence-electron chi connectivity index (χ4n) is 3.50. The Kier molecular flexibility index (Phi) is 4.83. The number of benzene rings is 2. The molecule has 2 aromatic rings. The maximum absolute atomic E-state index is 12.9. The van der Waals surface area contributed by atoms with Gasteiger partial charge < -0.3 is 14.7 Å². The molecule has 1 amide bonds. The number of hydrogen-bond donors (Lipinski definition) is 1. The lowest BCUT2D eigenvalue weighted by molar-refractivity contribution is -0.141. The van der Waals surface area contributed by atoms with Crippen LogP contribution in [0.5, 0.6) is 5.75 Å². The highest BCUT2D eigenvalue weighted by atomic mass is 16.5. The monoisotopic (exact) mass is 353 g/mol. The van der Waals surface area contributed by atoms with Crippen molar-refractivity contribution in [2.45, 2.75) is 32.8 Å². The first kappa shape index (κ1) is 18.1. The number of carbonyl (C=O) groups excluding carboxylic acids is 2. The Hall–Kier alpha value is -2.66. The summed E-state index contributed by atoms with van der Waals surface area (Å²) < 4.78 is 5.81. The Morgan fingerprint density at radius 3 is 2.50 bits per heavy atom. The molecule has 0 unspecified atom stereocenters. The molecule has 0 aliphatic carbocycles. The van der Waals surface area contributed by atoms with Crippen molar-refractivity contribution in [3.8, 4) is 5.75 Å². The van der Waals surface area contributed by atoms with Crippen molar-refractivity contribution in [3.63, 3.8) is 0 Å². The molecule has 1 N–H and O–H groups in total. The summed E-state index contributed by atoms with van der Waals surface area (Å²) in [6, 6.07) is 13.1. The van der Waals surface area contributed by atoms with Crippen LogP contribution in [0.25, 0.3) is 0 Å². The summed E-state index contributed by atoms with van der Waals surface area (Å²) in [5.74, 6) is 0.0693. The van der Waals surface area contributed by atoms with Gasteiger partial charge in [-0.2, -0.15) is 0 Å². The van der Waals surface area contributed by atoms with Crippen molar-refractivity contribution >= 4 is 17.4 Å². The number of ether oxygens (including phenoxy) is 1. The summed E-state index contributed by atoms with van der Waals surface area (Å²) >= 11 is 0. The molecule has 0 spiro atoms. The van der Waals surface area contributed by atoms with Gasteiger partial charge in [0.1, 0.15) is 18.1 Å². The lowest BCUT2D eigenvalue weighted by Gasteiger charge is -2.22. The zero-order chi connectivity index (χ0) is 18.9. The predicted molar refractivity (Wildman–Crippen MR) is 99.4 cm³/mol. The van der Waals surface area contributed by atoms with E-state index < -0.39 is 11.5 Å². The molecule has 0 aromatic heterocycles. The number of nitrogens with zero attached hydrogens (tertiary/aromatic N) is 1. The highest BCUT2D eigenvalue weighted by Crippen LogP contribution is 2.44. The van der Waals surface area contributed by atoms with E-state index in [2.05, 4.69) is 0 Å². The van der Waals surface area contributed by atoms with Crippen LogP contribution in [-0.4, -0.2) is 29.9 Å². The van der Waals surface area contributed by atoms with Gasteiger partial charge in [-0.25, -0.2) is 0 Å². The molecule has 0 saturated heterocycles. The normalized spacial score (nSPS) is 18.8. The second kappa shape index (κ2) is 6.92. The molecular formula is C21H23NO4. The van der Waals surface area contributed by atoms with Crippen LogP contribution in [0.2, 0.25) is 0 Å². The van der Waals surface area contributed by atoms with Crippen molar-refractivity contribution in [1.82, 2.24) is 0 Å². The summed E-state index contributed by atoms with van der Waals surface area (Å²) in [6.45, 7) is 5.82. The third-order valence-corrected chi connectivity index (χ3v) is 4.72. The van der Waals surface area contributed by atoms with E-state index >= 15 is 0 Å². The molecule has 136 valence electrons. The van der Waals surface area contributed by atoms with Crippen molar-refractivity contribution in [2.75, 3.05) is 18.1 Å². The SMILES string of the molecule is CC(=O)C[C@]1(O)C(=O)N(CCOc2ccccc2C)c2c(C)cccc21. The molecule has 3 rings (SSSR count). The van der Waals surface area contributed by atoms with Gasteiger partial charge in [-0.15, -0.1) is 0 Å². The van der Waals surface area contributed by atoms with Gasteiger partial charge in [0.25, 0.3) is 5.91 Å². The second-order valence-electron chi connectivity index (χ2n) is 6.78. The van der Waals surface area contributed by atoms with Crippen molar-refractivity contribution < 1.29 is 19.4 Å². The number of aryl methyl sites for hydroxylation is 2. The van der Waals surface area contributed by atoms with E-state index in [1.807, 2.05) is 44.2 Å². The number of rotatable bonds is 6. The highest BCUT2D eigenvalue weighted by Gasteiger charge is 2.50. The maximum Gasteiger partial charge on any atom is 0.264 e. The molecule has 1 atom stereocenters. The van der Waals surface area contributed by atoms with Gasteiger partial charge in [0.15, 0.2) is 5.60 Å². The molecule has 0 bridgehead atoms. The number of aliphatic hydroxyl groups is 1. The largest absolute Gasteiger partial charge is 0.491 e. The summed E-state index contributed by atoms with van der Waals surface area (Å²) in [7, 11) is 0. The maximum atomic E-state index is 12.9. The van der Waals surface area contributed by atoms with Crippen LogP contribution in [0.4, 0.5) is 5.69 Å². The van der Waals surface area contributed by atoms with Gasteiger partial charge in [-0.3, -0.25) is 9.59 Å². The van der Waals surface area contributed by atoms with Crippen LogP contribution in [-0.2, 0) is 15.2 Å². The number of para-hydroxylation sites is 2. The molecule has 1 aliphatic heterocycles. The second-order valence-corrected chi connectivity index (χ2v) is 6.78. The predicted octanol–water partition coefficient (Wildman–Crippen LogP) is 2.90. The first-order chi connectivity index (χ1) is 12.3. The summed E-state index contributed by atoms with van der Waals surface area (Å²) in [5, 5.41) is 11.0. The van der Waals surface area contributed by atoms with E-state index in [1.165, 1.54) is 11.8 Å². The third-order valence-electron chi connectivity index (χ3n) is 4.72. The topological polar surface area (TPSA) is 66.8 Å². The van der Waals surface area contributed by atoms with Gasteiger partial charge in [0.05, 0.1) is 12.2 Å². The number of fused-ring (bicyclic) bond motifs is 1. The third kappa shape index (κ3) is 3.10. The smallest absolute Gasteiger partial charge is 0.264 e. The van der Waals surface area contributed by atoms with Gasteiger partial charge in [0.2, 0.25) is 0 Å².